The highest BCUT2D eigenvalue weighted by Gasteiger charge is 2.44. The molecule has 0 saturated heterocycles. The van der Waals surface area contributed by atoms with Gasteiger partial charge in [0.1, 0.15) is 5.69 Å². The number of halogens is 2. The van der Waals surface area contributed by atoms with Gasteiger partial charge in [-0.05, 0) is 12.1 Å². The Morgan fingerprint density at radius 2 is 2.11 bits per heavy atom. The average Bonchev–Trinajstić information content (AvgIpc) is 2.90. The van der Waals surface area contributed by atoms with Crippen molar-refractivity contribution < 1.29 is 32.7 Å². The molecule has 6 nitrogen and oxygen atoms in total. The summed E-state index contributed by atoms with van der Waals surface area (Å²) in [6.07, 6.45) is -3.75. The molecule has 1 aromatic carbocycles. The Balaban J connectivity index is 2.07. The third kappa shape index (κ3) is 1.86. The number of alkyl halides is 2. The lowest BCUT2D eigenvalue weighted by Gasteiger charge is -2.05. The molecule has 1 aliphatic rings. The summed E-state index contributed by atoms with van der Waals surface area (Å²) in [6.45, 7) is 0. The lowest BCUT2D eigenvalue weighted by atomic mass is 10.1. The molecule has 0 bridgehead atoms. The molecule has 0 spiro atoms. The minimum absolute atomic E-state index is 0.0653. The molecule has 0 fully saturated rings. The zero-order valence-corrected chi connectivity index (χ0v) is 9.09. The molecule has 1 aliphatic heterocycles. The molecule has 0 atom stereocenters. The van der Waals surface area contributed by atoms with E-state index in [9.17, 15) is 13.6 Å². The maximum atomic E-state index is 13.0. The molecular formula is C11H5F2NO5. The van der Waals surface area contributed by atoms with Gasteiger partial charge in [-0.1, -0.05) is 11.2 Å². The topological polar surface area (TPSA) is 81.8 Å². The Bertz CT molecular complexity index is 667. The van der Waals surface area contributed by atoms with Gasteiger partial charge in [-0.3, -0.25) is 0 Å². The van der Waals surface area contributed by atoms with E-state index in [2.05, 4.69) is 19.2 Å². The van der Waals surface area contributed by atoms with Crippen molar-refractivity contribution in [2.75, 3.05) is 0 Å². The van der Waals surface area contributed by atoms with Crippen LogP contribution in [0.4, 0.5) is 8.78 Å². The second kappa shape index (κ2) is 3.67. The minimum Gasteiger partial charge on any atom is -0.475 e. The Morgan fingerprint density at radius 1 is 1.32 bits per heavy atom. The van der Waals surface area contributed by atoms with Crippen LogP contribution in [-0.4, -0.2) is 22.5 Å². The van der Waals surface area contributed by atoms with Crippen molar-refractivity contribution in [2.24, 2.45) is 0 Å². The number of aromatic carboxylic acids is 1. The standard InChI is InChI=1S/C11H5F2NO5/c12-11(13)17-7-3-1-2-5(9(7)18-11)6-4-8(10(15)16)19-14-6/h1-4H,(H,15,16). The number of hydrogen-bond acceptors (Lipinski definition) is 5. The first-order valence-corrected chi connectivity index (χ1v) is 5.05. The van der Waals surface area contributed by atoms with E-state index >= 15 is 0 Å². The summed E-state index contributed by atoms with van der Waals surface area (Å²) in [5.41, 5.74) is 0.224. The number of carbonyl (C=O) groups is 1. The van der Waals surface area contributed by atoms with Crippen molar-refractivity contribution in [3.05, 3.63) is 30.0 Å². The lowest BCUT2D eigenvalue weighted by Crippen LogP contribution is -2.26. The van der Waals surface area contributed by atoms with Crippen LogP contribution in [-0.2, 0) is 0 Å². The number of para-hydroxylation sites is 1. The third-order valence-corrected chi connectivity index (χ3v) is 2.43. The van der Waals surface area contributed by atoms with Crippen LogP contribution in [0.2, 0.25) is 0 Å². The van der Waals surface area contributed by atoms with E-state index in [4.69, 9.17) is 5.11 Å². The number of rotatable bonds is 2. The second-order valence-electron chi connectivity index (χ2n) is 3.68. The molecule has 1 N–H and O–H groups in total. The van der Waals surface area contributed by atoms with Crippen molar-refractivity contribution in [2.45, 2.75) is 6.29 Å². The van der Waals surface area contributed by atoms with Gasteiger partial charge in [0.15, 0.2) is 11.5 Å². The van der Waals surface area contributed by atoms with Crippen molar-refractivity contribution in [3.8, 4) is 22.8 Å². The summed E-state index contributed by atoms with van der Waals surface area (Å²) >= 11 is 0. The normalized spacial score (nSPS) is 15.5. The zero-order chi connectivity index (χ0) is 13.6. The molecule has 0 amide bonds. The SMILES string of the molecule is O=C(O)c1cc(-c2cccc3c2OC(F)(F)O3)no1. The number of ether oxygens (including phenoxy) is 2. The van der Waals surface area contributed by atoms with Crippen molar-refractivity contribution in [3.63, 3.8) is 0 Å². The lowest BCUT2D eigenvalue weighted by molar-refractivity contribution is -0.286. The molecular weight excluding hydrogens is 264 g/mol. The van der Waals surface area contributed by atoms with Crippen molar-refractivity contribution in [1.29, 1.82) is 0 Å². The third-order valence-electron chi connectivity index (χ3n) is 2.43. The number of fused-ring (bicyclic) bond motifs is 1. The van der Waals surface area contributed by atoms with Gasteiger partial charge < -0.3 is 19.1 Å². The van der Waals surface area contributed by atoms with Gasteiger partial charge >= 0.3 is 12.3 Å². The Labute approximate surface area is 104 Å². The van der Waals surface area contributed by atoms with Gasteiger partial charge in [0.05, 0.1) is 5.56 Å². The van der Waals surface area contributed by atoms with Crippen LogP contribution in [0, 0.1) is 0 Å². The predicted molar refractivity (Wildman–Crippen MR) is 55.1 cm³/mol. The number of hydrogen-bond donors (Lipinski definition) is 1. The summed E-state index contributed by atoms with van der Waals surface area (Å²) in [5.74, 6) is -2.08. The quantitative estimate of drug-likeness (QED) is 0.901. The highest BCUT2D eigenvalue weighted by molar-refractivity contribution is 5.86. The summed E-state index contributed by atoms with van der Waals surface area (Å²) in [7, 11) is 0. The number of carboxylic acid groups (broad SMARTS) is 1. The van der Waals surface area contributed by atoms with Crippen LogP contribution >= 0.6 is 0 Å². The Kier molecular flexibility index (Phi) is 2.21. The van der Waals surface area contributed by atoms with Gasteiger partial charge in [0, 0.05) is 6.07 Å². The molecule has 8 heteroatoms. The van der Waals surface area contributed by atoms with E-state index in [0.717, 1.165) is 6.07 Å². The highest BCUT2D eigenvalue weighted by atomic mass is 19.3. The summed E-state index contributed by atoms with van der Waals surface area (Å²) in [6, 6.07) is 5.30. The maximum absolute atomic E-state index is 13.0. The van der Waals surface area contributed by atoms with E-state index in [1.807, 2.05) is 0 Å². The van der Waals surface area contributed by atoms with Gasteiger partial charge in [-0.2, -0.15) is 0 Å². The first kappa shape index (κ1) is 11.5. The molecule has 0 radical (unpaired) electrons. The van der Waals surface area contributed by atoms with Crippen LogP contribution in [0.1, 0.15) is 10.6 Å². The van der Waals surface area contributed by atoms with E-state index in [0.29, 0.717) is 0 Å². The summed E-state index contributed by atoms with van der Waals surface area (Å²) in [5, 5.41) is 12.2. The molecule has 1 aromatic heterocycles. The Morgan fingerprint density at radius 3 is 2.79 bits per heavy atom. The average molecular weight is 269 g/mol. The molecule has 0 unspecified atom stereocenters. The molecule has 98 valence electrons. The van der Waals surface area contributed by atoms with E-state index in [1.54, 1.807) is 0 Å². The fourth-order valence-corrected chi connectivity index (χ4v) is 1.67. The van der Waals surface area contributed by atoms with Crippen molar-refractivity contribution >= 4 is 5.97 Å². The monoisotopic (exact) mass is 269 g/mol. The molecule has 0 aliphatic carbocycles. The van der Waals surface area contributed by atoms with Crippen LogP contribution in [0.3, 0.4) is 0 Å². The maximum Gasteiger partial charge on any atom is 0.586 e. The number of carboxylic acids is 1. The van der Waals surface area contributed by atoms with Gasteiger partial charge in [-0.15, -0.1) is 8.78 Å². The zero-order valence-electron chi connectivity index (χ0n) is 9.09. The predicted octanol–water partition coefficient (Wildman–Crippen LogP) is 2.36. The fourth-order valence-electron chi connectivity index (χ4n) is 1.67. The highest BCUT2D eigenvalue weighted by Crippen LogP contribution is 2.46. The Hall–Kier alpha value is -2.64. The number of nitrogens with zero attached hydrogens (tertiary/aromatic N) is 1. The fraction of sp³-hybridized carbons (Fsp3) is 0.0909. The van der Waals surface area contributed by atoms with Gasteiger partial charge in [-0.25, -0.2) is 4.79 Å². The van der Waals surface area contributed by atoms with Crippen molar-refractivity contribution in [1.82, 2.24) is 5.16 Å². The molecule has 2 aromatic rings. The molecule has 3 rings (SSSR count). The van der Waals surface area contributed by atoms with E-state index < -0.39 is 18.0 Å². The molecule has 19 heavy (non-hydrogen) atoms. The summed E-state index contributed by atoms with van der Waals surface area (Å²) < 4.78 is 39.2. The van der Waals surface area contributed by atoms with E-state index in [1.165, 1.54) is 18.2 Å². The number of aromatic nitrogens is 1. The van der Waals surface area contributed by atoms with Gasteiger partial charge in [0.2, 0.25) is 5.76 Å². The van der Waals surface area contributed by atoms with Crippen LogP contribution in [0.15, 0.2) is 28.8 Å². The van der Waals surface area contributed by atoms with Crippen LogP contribution in [0.5, 0.6) is 11.5 Å². The minimum atomic E-state index is -3.75. The first-order valence-electron chi connectivity index (χ1n) is 5.05. The van der Waals surface area contributed by atoms with Crippen LogP contribution < -0.4 is 9.47 Å². The van der Waals surface area contributed by atoms with E-state index in [-0.39, 0.29) is 22.8 Å². The molecule has 2 heterocycles. The number of benzene rings is 1. The smallest absolute Gasteiger partial charge is 0.475 e. The molecule has 0 saturated carbocycles. The van der Waals surface area contributed by atoms with Crippen LogP contribution in [0.25, 0.3) is 11.3 Å². The van der Waals surface area contributed by atoms with Gasteiger partial charge in [0.25, 0.3) is 0 Å². The largest absolute Gasteiger partial charge is 0.586 e. The second-order valence-corrected chi connectivity index (χ2v) is 3.68. The summed E-state index contributed by atoms with van der Waals surface area (Å²) in [4.78, 5) is 10.7. The first-order chi connectivity index (χ1) is 8.96.